The molecule has 0 saturated carbocycles. The van der Waals surface area contributed by atoms with Gasteiger partial charge in [0.25, 0.3) is 0 Å². The molecule has 0 atom stereocenters. The lowest BCUT2D eigenvalue weighted by Crippen LogP contribution is -1.86. The average Bonchev–Trinajstić information content (AvgIpc) is 2.17. The minimum Gasteiger partial charge on any atom is -0.193 e. The van der Waals surface area contributed by atoms with Crippen LogP contribution in [0.2, 0.25) is 0 Å². The van der Waals surface area contributed by atoms with Crippen molar-refractivity contribution in [3.8, 4) is 6.07 Å². The summed E-state index contributed by atoms with van der Waals surface area (Å²) in [4.78, 5) is 0. The second-order valence-corrected chi connectivity index (χ2v) is 3.61. The largest absolute Gasteiger partial charge is 0.193 e. The van der Waals surface area contributed by atoms with E-state index in [-0.39, 0.29) is 0 Å². The van der Waals surface area contributed by atoms with Crippen LogP contribution in [0.4, 0.5) is 0 Å². The van der Waals surface area contributed by atoms with Crippen molar-refractivity contribution in [2.45, 2.75) is 26.7 Å². The van der Waals surface area contributed by atoms with E-state index in [2.05, 4.69) is 37.3 Å². The highest BCUT2D eigenvalue weighted by Crippen LogP contribution is 2.09. The number of hydrogen-bond donors (Lipinski definition) is 0. The number of nitrogens with zero attached hydrogens (tertiary/aromatic N) is 1. The molecular formula is C13H15N. The van der Waals surface area contributed by atoms with Crippen molar-refractivity contribution in [3.63, 3.8) is 0 Å². The minimum absolute atomic E-state index is 0.969. The quantitative estimate of drug-likeness (QED) is 0.662. The Kier molecular flexibility index (Phi) is 3.94. The summed E-state index contributed by atoms with van der Waals surface area (Å²) in [6.45, 7) is 4.09. The van der Waals surface area contributed by atoms with Gasteiger partial charge in [-0.15, -0.1) is 0 Å². The smallest absolute Gasteiger partial charge is 0.0911 e. The van der Waals surface area contributed by atoms with E-state index < -0.39 is 0 Å². The van der Waals surface area contributed by atoms with Crippen LogP contribution < -0.4 is 0 Å². The maximum absolute atomic E-state index is 8.44. The highest BCUT2D eigenvalue weighted by atomic mass is 14.2. The van der Waals surface area contributed by atoms with Gasteiger partial charge in [0.2, 0.25) is 0 Å². The molecule has 14 heavy (non-hydrogen) atoms. The zero-order valence-electron chi connectivity index (χ0n) is 8.75. The molecule has 72 valence electrons. The topological polar surface area (TPSA) is 23.8 Å². The first-order valence-electron chi connectivity index (χ1n) is 4.83. The van der Waals surface area contributed by atoms with Crippen LogP contribution in [0.25, 0.3) is 0 Å². The molecule has 0 fully saturated rings. The van der Waals surface area contributed by atoms with Gasteiger partial charge in [0.1, 0.15) is 0 Å². The van der Waals surface area contributed by atoms with Gasteiger partial charge >= 0.3 is 0 Å². The van der Waals surface area contributed by atoms with Crippen molar-refractivity contribution in [2.24, 2.45) is 0 Å². The molecule has 0 radical (unpaired) electrons. The van der Waals surface area contributed by atoms with Crippen molar-refractivity contribution in [3.05, 3.63) is 47.0 Å². The van der Waals surface area contributed by atoms with Gasteiger partial charge in [0, 0.05) is 6.08 Å². The van der Waals surface area contributed by atoms with Gasteiger partial charge in [0.15, 0.2) is 0 Å². The van der Waals surface area contributed by atoms with Crippen molar-refractivity contribution < 1.29 is 0 Å². The fraction of sp³-hybridized carbons (Fsp3) is 0.308. The summed E-state index contributed by atoms with van der Waals surface area (Å²) in [6, 6.07) is 10.6. The van der Waals surface area contributed by atoms with Gasteiger partial charge in [-0.1, -0.05) is 35.4 Å². The van der Waals surface area contributed by atoms with Crippen LogP contribution in [0.1, 0.15) is 24.5 Å². The molecule has 0 spiro atoms. The summed E-state index contributed by atoms with van der Waals surface area (Å²) in [5.41, 5.74) is 3.77. The Labute approximate surface area is 85.7 Å². The zero-order valence-corrected chi connectivity index (χ0v) is 8.75. The Morgan fingerprint density at radius 3 is 2.57 bits per heavy atom. The number of allylic oxidation sites excluding steroid dienone is 2. The highest BCUT2D eigenvalue weighted by molar-refractivity contribution is 5.22. The maximum atomic E-state index is 8.44. The van der Waals surface area contributed by atoms with Gasteiger partial charge in [-0.3, -0.25) is 0 Å². The van der Waals surface area contributed by atoms with Gasteiger partial charge in [0.05, 0.1) is 6.07 Å². The standard InChI is InChI=1S/C13H15N/c1-11-3-6-13(7-4-11)8-5-12(2)9-10-14/h3-4,6-7,9H,5,8H2,1-2H3/b12-9-. The van der Waals surface area contributed by atoms with Crippen LogP contribution in [-0.4, -0.2) is 0 Å². The van der Waals surface area contributed by atoms with Gasteiger partial charge < -0.3 is 0 Å². The summed E-state index contributed by atoms with van der Waals surface area (Å²) >= 11 is 0. The van der Waals surface area contributed by atoms with E-state index >= 15 is 0 Å². The van der Waals surface area contributed by atoms with Crippen LogP contribution in [0.3, 0.4) is 0 Å². The molecule has 0 saturated heterocycles. The van der Waals surface area contributed by atoms with Crippen LogP contribution >= 0.6 is 0 Å². The number of benzene rings is 1. The number of hydrogen-bond acceptors (Lipinski definition) is 1. The van der Waals surface area contributed by atoms with Gasteiger partial charge in [-0.2, -0.15) is 5.26 Å². The predicted molar refractivity (Wildman–Crippen MR) is 58.9 cm³/mol. The number of aryl methyl sites for hydroxylation is 2. The molecule has 1 aromatic rings. The van der Waals surface area contributed by atoms with E-state index in [0.29, 0.717) is 0 Å². The highest BCUT2D eigenvalue weighted by Gasteiger charge is 1.94. The molecule has 0 N–H and O–H groups in total. The molecule has 1 nitrogen and oxygen atoms in total. The van der Waals surface area contributed by atoms with Crippen LogP contribution in [0.15, 0.2) is 35.9 Å². The van der Waals surface area contributed by atoms with Crippen LogP contribution in [-0.2, 0) is 6.42 Å². The zero-order chi connectivity index (χ0) is 10.4. The Morgan fingerprint density at radius 1 is 1.36 bits per heavy atom. The third-order valence-corrected chi connectivity index (χ3v) is 2.24. The Morgan fingerprint density at radius 2 is 2.00 bits per heavy atom. The fourth-order valence-electron chi connectivity index (χ4n) is 1.28. The maximum Gasteiger partial charge on any atom is 0.0911 e. The first-order valence-corrected chi connectivity index (χ1v) is 4.83. The molecule has 1 rings (SSSR count). The Balaban J connectivity index is 2.51. The average molecular weight is 185 g/mol. The molecule has 0 aromatic heterocycles. The van der Waals surface area contributed by atoms with Crippen molar-refractivity contribution in [1.29, 1.82) is 5.26 Å². The predicted octanol–water partition coefficient (Wildman–Crippen LogP) is 3.40. The summed E-state index contributed by atoms with van der Waals surface area (Å²) in [7, 11) is 0. The third kappa shape index (κ3) is 3.45. The van der Waals surface area contributed by atoms with E-state index in [1.54, 1.807) is 6.08 Å². The number of nitriles is 1. The summed E-state index contributed by atoms with van der Waals surface area (Å²) in [6.07, 6.45) is 3.61. The molecule has 0 unspecified atom stereocenters. The Hall–Kier alpha value is -1.55. The lowest BCUT2D eigenvalue weighted by molar-refractivity contribution is 0.941. The Bertz CT molecular complexity index is 352. The molecule has 1 aromatic carbocycles. The van der Waals surface area contributed by atoms with Crippen molar-refractivity contribution >= 4 is 0 Å². The lowest BCUT2D eigenvalue weighted by atomic mass is 10.0. The van der Waals surface area contributed by atoms with Crippen LogP contribution in [0.5, 0.6) is 0 Å². The SMILES string of the molecule is C/C(=C/C#N)CCc1ccc(C)cc1. The molecule has 0 bridgehead atoms. The molecule has 0 amide bonds. The van der Waals surface area contributed by atoms with E-state index in [0.717, 1.165) is 18.4 Å². The van der Waals surface area contributed by atoms with E-state index in [1.807, 2.05) is 6.92 Å². The van der Waals surface area contributed by atoms with Crippen LogP contribution in [0, 0.1) is 18.3 Å². The fourth-order valence-corrected chi connectivity index (χ4v) is 1.28. The monoisotopic (exact) mass is 185 g/mol. The minimum atomic E-state index is 0.969. The second-order valence-electron chi connectivity index (χ2n) is 3.61. The molecule has 1 heteroatoms. The molecule has 0 aliphatic heterocycles. The second kappa shape index (κ2) is 5.24. The first kappa shape index (κ1) is 10.5. The van der Waals surface area contributed by atoms with E-state index in [1.165, 1.54) is 11.1 Å². The molecular weight excluding hydrogens is 170 g/mol. The first-order chi connectivity index (χ1) is 6.72. The molecule has 0 aliphatic rings. The van der Waals surface area contributed by atoms with Crippen molar-refractivity contribution in [2.75, 3.05) is 0 Å². The normalized spacial score (nSPS) is 11.1. The van der Waals surface area contributed by atoms with Gasteiger partial charge in [-0.25, -0.2) is 0 Å². The third-order valence-electron chi connectivity index (χ3n) is 2.24. The van der Waals surface area contributed by atoms with Gasteiger partial charge in [-0.05, 0) is 32.3 Å². The molecule has 0 aliphatic carbocycles. The molecule has 0 heterocycles. The lowest BCUT2D eigenvalue weighted by Gasteiger charge is -2.01. The van der Waals surface area contributed by atoms with E-state index in [4.69, 9.17) is 5.26 Å². The number of rotatable bonds is 3. The summed E-state index contributed by atoms with van der Waals surface area (Å²) in [5, 5.41) is 8.44. The summed E-state index contributed by atoms with van der Waals surface area (Å²) in [5.74, 6) is 0. The van der Waals surface area contributed by atoms with Crippen molar-refractivity contribution in [1.82, 2.24) is 0 Å². The summed E-state index contributed by atoms with van der Waals surface area (Å²) < 4.78 is 0. The van der Waals surface area contributed by atoms with E-state index in [9.17, 15) is 0 Å².